The summed E-state index contributed by atoms with van der Waals surface area (Å²) in [4.78, 5) is 28.7. The Hall–Kier alpha value is -2.67. The molecule has 7 nitrogen and oxygen atoms in total. The monoisotopic (exact) mass is 316 g/mol. The van der Waals surface area contributed by atoms with Crippen LogP contribution in [-0.2, 0) is 29.2 Å². The molecule has 1 aromatic carbocycles. The number of fused-ring (bicyclic) bond motifs is 1. The lowest BCUT2D eigenvalue weighted by atomic mass is 10.1. The summed E-state index contributed by atoms with van der Waals surface area (Å²) in [6, 6.07) is 6.12. The fourth-order valence-corrected chi connectivity index (χ4v) is 2.60. The molecule has 3 rings (SSSR count). The van der Waals surface area contributed by atoms with Crippen LogP contribution in [0.2, 0.25) is 0 Å². The number of oxazole rings is 1. The zero-order valence-corrected chi connectivity index (χ0v) is 12.6. The summed E-state index contributed by atoms with van der Waals surface area (Å²) >= 11 is 0. The third-order valence-corrected chi connectivity index (χ3v) is 3.67. The second-order valence-corrected chi connectivity index (χ2v) is 5.44. The van der Waals surface area contributed by atoms with Gasteiger partial charge in [0.15, 0.2) is 17.8 Å². The van der Waals surface area contributed by atoms with Crippen LogP contribution >= 0.6 is 0 Å². The van der Waals surface area contributed by atoms with Crippen LogP contribution in [0.25, 0.3) is 0 Å². The van der Waals surface area contributed by atoms with Crippen molar-refractivity contribution < 1.29 is 23.8 Å². The highest BCUT2D eigenvalue weighted by molar-refractivity contribution is 5.93. The molecule has 1 N–H and O–H groups in total. The molecule has 0 atom stereocenters. The molecule has 23 heavy (non-hydrogen) atoms. The minimum Gasteiger partial charge on any atom is -0.480 e. The first-order valence-corrected chi connectivity index (χ1v) is 7.14. The van der Waals surface area contributed by atoms with Crippen molar-refractivity contribution in [3.63, 3.8) is 0 Å². The van der Waals surface area contributed by atoms with Crippen LogP contribution in [0.15, 0.2) is 29.0 Å². The van der Waals surface area contributed by atoms with E-state index in [4.69, 9.17) is 14.3 Å². The van der Waals surface area contributed by atoms with Crippen LogP contribution in [0, 0.1) is 6.92 Å². The highest BCUT2D eigenvalue weighted by Gasteiger charge is 2.28. The van der Waals surface area contributed by atoms with Gasteiger partial charge < -0.3 is 19.2 Å². The zero-order valence-electron chi connectivity index (χ0n) is 12.6. The van der Waals surface area contributed by atoms with Gasteiger partial charge in [0.05, 0.1) is 0 Å². The normalized spacial score (nSPS) is 13.2. The molecule has 1 aromatic heterocycles. The molecule has 0 radical (unpaired) electrons. The van der Waals surface area contributed by atoms with Gasteiger partial charge in [-0.1, -0.05) is 23.8 Å². The summed E-state index contributed by atoms with van der Waals surface area (Å²) in [5, 5.41) is 8.57. The molecule has 0 saturated carbocycles. The smallest absolute Gasteiger partial charge is 0.329 e. The summed E-state index contributed by atoms with van der Waals surface area (Å²) in [6.45, 7) is 2.51. The maximum Gasteiger partial charge on any atom is 0.329 e. The van der Waals surface area contributed by atoms with Crippen LogP contribution in [0.1, 0.15) is 32.9 Å². The number of carboxylic acids is 1. The fraction of sp³-hybridized carbons (Fsp3) is 0.312. The molecule has 0 aliphatic carbocycles. The molecule has 7 heteroatoms. The predicted octanol–water partition coefficient (Wildman–Crippen LogP) is 1.74. The minimum absolute atomic E-state index is 0.104. The number of aryl methyl sites for hydroxylation is 1. The van der Waals surface area contributed by atoms with Gasteiger partial charge in [0.25, 0.3) is 5.91 Å². The van der Waals surface area contributed by atoms with E-state index in [1.54, 1.807) is 4.90 Å². The number of hydrogen-bond donors (Lipinski definition) is 1. The largest absolute Gasteiger partial charge is 0.480 e. The maximum atomic E-state index is 12.6. The average Bonchev–Trinajstić information content (AvgIpc) is 3.12. The molecule has 0 saturated heterocycles. The van der Waals surface area contributed by atoms with Gasteiger partial charge in [-0.25, -0.2) is 9.78 Å². The molecule has 120 valence electrons. The van der Waals surface area contributed by atoms with Gasteiger partial charge >= 0.3 is 5.97 Å². The summed E-state index contributed by atoms with van der Waals surface area (Å²) in [5.74, 6) is -1.09. The lowest BCUT2D eigenvalue weighted by Gasteiger charge is -2.14. The van der Waals surface area contributed by atoms with Crippen molar-refractivity contribution in [2.24, 2.45) is 0 Å². The van der Waals surface area contributed by atoms with Gasteiger partial charge in [-0.15, -0.1) is 0 Å². The van der Waals surface area contributed by atoms with Crippen LogP contribution in [0.5, 0.6) is 0 Å². The van der Waals surface area contributed by atoms with E-state index in [2.05, 4.69) is 11.1 Å². The van der Waals surface area contributed by atoms with Crippen molar-refractivity contribution in [1.82, 2.24) is 9.88 Å². The second-order valence-electron chi connectivity index (χ2n) is 5.44. The molecular formula is C16H16N2O5. The van der Waals surface area contributed by atoms with Crippen molar-refractivity contribution >= 4 is 11.9 Å². The van der Waals surface area contributed by atoms with E-state index in [0.717, 1.165) is 16.7 Å². The number of carbonyl (C=O) groups is 2. The van der Waals surface area contributed by atoms with Gasteiger partial charge in [-0.05, 0) is 18.1 Å². The number of aromatic nitrogens is 1. The van der Waals surface area contributed by atoms with Crippen molar-refractivity contribution in [3.05, 3.63) is 52.7 Å². The van der Waals surface area contributed by atoms with Crippen LogP contribution in [0.3, 0.4) is 0 Å². The standard InChI is InChI=1S/C16H16N2O5/c1-10-2-3-11-5-18(6-12(11)4-10)16(21)15-13(23-9-17-15)7-22-8-14(19)20/h2-4,9H,5-8H2,1H3,(H,19,20). The Balaban J connectivity index is 1.70. The molecule has 1 amide bonds. The first-order valence-electron chi connectivity index (χ1n) is 7.14. The molecule has 1 aliphatic rings. The summed E-state index contributed by atoms with van der Waals surface area (Å²) < 4.78 is 10.1. The average molecular weight is 316 g/mol. The highest BCUT2D eigenvalue weighted by atomic mass is 16.5. The Morgan fingerprint density at radius 2 is 2.13 bits per heavy atom. The SMILES string of the molecule is Cc1ccc2c(c1)CN(C(=O)c1ncoc1COCC(=O)O)C2. The first kappa shape index (κ1) is 15.2. The predicted molar refractivity (Wildman–Crippen MR) is 78.6 cm³/mol. The zero-order chi connectivity index (χ0) is 16.4. The van der Waals surface area contributed by atoms with Gasteiger partial charge in [0.2, 0.25) is 0 Å². The number of carboxylic acid groups (broad SMARTS) is 1. The molecule has 2 heterocycles. The number of rotatable bonds is 5. The van der Waals surface area contributed by atoms with Gasteiger partial charge in [-0.2, -0.15) is 0 Å². The number of ether oxygens (including phenoxy) is 1. The van der Waals surface area contributed by atoms with Crippen LogP contribution in [0.4, 0.5) is 0 Å². The molecular weight excluding hydrogens is 300 g/mol. The lowest BCUT2D eigenvalue weighted by molar-refractivity contribution is -0.142. The molecule has 1 aliphatic heterocycles. The second kappa shape index (κ2) is 6.21. The fourth-order valence-electron chi connectivity index (χ4n) is 2.60. The summed E-state index contributed by atoms with van der Waals surface area (Å²) in [6.07, 6.45) is 1.17. The third-order valence-electron chi connectivity index (χ3n) is 3.67. The highest BCUT2D eigenvalue weighted by Crippen LogP contribution is 2.25. The first-order chi connectivity index (χ1) is 11.0. The molecule has 0 spiro atoms. The van der Waals surface area contributed by atoms with E-state index >= 15 is 0 Å². The van der Waals surface area contributed by atoms with Crippen molar-refractivity contribution in [2.45, 2.75) is 26.6 Å². The quantitative estimate of drug-likeness (QED) is 0.903. The van der Waals surface area contributed by atoms with Crippen LogP contribution < -0.4 is 0 Å². The Kier molecular flexibility index (Phi) is 4.12. The van der Waals surface area contributed by atoms with E-state index in [9.17, 15) is 9.59 Å². The molecule has 0 bridgehead atoms. The molecule has 2 aromatic rings. The summed E-state index contributed by atoms with van der Waals surface area (Å²) in [5.41, 5.74) is 3.57. The van der Waals surface area contributed by atoms with E-state index in [1.165, 1.54) is 6.39 Å². The molecule has 0 fully saturated rings. The van der Waals surface area contributed by atoms with E-state index < -0.39 is 12.6 Å². The Morgan fingerprint density at radius 1 is 1.35 bits per heavy atom. The minimum atomic E-state index is -1.08. The lowest BCUT2D eigenvalue weighted by Crippen LogP contribution is -2.26. The Morgan fingerprint density at radius 3 is 2.91 bits per heavy atom. The Bertz CT molecular complexity index is 753. The molecule has 0 unspecified atom stereocenters. The van der Waals surface area contributed by atoms with Gasteiger partial charge in [0.1, 0.15) is 13.2 Å². The van der Waals surface area contributed by atoms with E-state index in [0.29, 0.717) is 13.1 Å². The number of aliphatic carboxylic acids is 1. The number of carbonyl (C=O) groups excluding carboxylic acids is 1. The Labute approximate surface area is 132 Å². The van der Waals surface area contributed by atoms with Crippen molar-refractivity contribution in [2.75, 3.05) is 6.61 Å². The van der Waals surface area contributed by atoms with Gasteiger partial charge in [0, 0.05) is 13.1 Å². The number of hydrogen-bond acceptors (Lipinski definition) is 5. The van der Waals surface area contributed by atoms with E-state index in [-0.39, 0.29) is 24.0 Å². The number of nitrogens with zero attached hydrogens (tertiary/aromatic N) is 2. The number of amides is 1. The third kappa shape index (κ3) is 3.24. The van der Waals surface area contributed by atoms with Crippen LogP contribution in [-0.4, -0.2) is 33.5 Å². The summed E-state index contributed by atoms with van der Waals surface area (Å²) in [7, 11) is 0. The maximum absolute atomic E-state index is 12.6. The number of benzene rings is 1. The van der Waals surface area contributed by atoms with E-state index in [1.807, 2.05) is 19.1 Å². The van der Waals surface area contributed by atoms with Gasteiger partial charge in [-0.3, -0.25) is 4.79 Å². The van der Waals surface area contributed by atoms with Crippen molar-refractivity contribution in [1.29, 1.82) is 0 Å². The van der Waals surface area contributed by atoms with Crippen molar-refractivity contribution in [3.8, 4) is 0 Å². The topological polar surface area (TPSA) is 92.9 Å².